The number of aliphatic hydroxyl groups excluding tert-OH is 1. The van der Waals surface area contributed by atoms with Crippen LogP contribution in [0.3, 0.4) is 0 Å². The van der Waals surface area contributed by atoms with Gasteiger partial charge in [0.25, 0.3) is 0 Å². The molecule has 1 unspecified atom stereocenters. The molecule has 8 heteroatoms. The van der Waals surface area contributed by atoms with E-state index < -0.39 is 16.1 Å². The second kappa shape index (κ2) is 8.15. The summed E-state index contributed by atoms with van der Waals surface area (Å²) in [6.07, 6.45) is 0.344. The first-order valence-corrected chi connectivity index (χ1v) is 7.98. The van der Waals surface area contributed by atoms with E-state index in [9.17, 15) is 17.9 Å². The third kappa shape index (κ3) is 8.05. The van der Waals surface area contributed by atoms with Crippen LogP contribution in [-0.2, 0) is 10.0 Å². The van der Waals surface area contributed by atoms with Crippen LogP contribution in [0.25, 0.3) is 0 Å². The largest absolute Gasteiger partial charge is 0.491 e. The Labute approximate surface area is 118 Å². The number of halogens is 1. The van der Waals surface area contributed by atoms with Crippen molar-refractivity contribution in [2.45, 2.75) is 6.10 Å². The van der Waals surface area contributed by atoms with Gasteiger partial charge in [-0.1, -0.05) is 0 Å². The predicted molar refractivity (Wildman–Crippen MR) is 73.6 cm³/mol. The Balaban J connectivity index is 2.11. The lowest BCUT2D eigenvalue weighted by atomic mass is 10.3. The SMILES string of the molecule is CS(=O)(=O)NCCNCC(O)COc1ccc(F)cc1. The normalized spacial score (nSPS) is 13.2. The summed E-state index contributed by atoms with van der Waals surface area (Å²) in [6.45, 7) is 0.996. The molecule has 0 saturated carbocycles. The molecule has 1 aromatic rings. The molecule has 114 valence electrons. The molecule has 1 atom stereocenters. The predicted octanol–water partition coefficient (Wildman–Crippen LogP) is -0.296. The van der Waals surface area contributed by atoms with E-state index in [0.29, 0.717) is 12.3 Å². The van der Waals surface area contributed by atoms with Crippen molar-refractivity contribution < 1.29 is 22.7 Å². The van der Waals surface area contributed by atoms with Crippen LogP contribution in [0.2, 0.25) is 0 Å². The summed E-state index contributed by atoms with van der Waals surface area (Å²) in [6, 6.07) is 5.50. The zero-order chi connectivity index (χ0) is 15.0. The van der Waals surface area contributed by atoms with Crippen molar-refractivity contribution >= 4 is 10.0 Å². The molecule has 0 heterocycles. The molecule has 6 nitrogen and oxygen atoms in total. The Morgan fingerprint density at radius 3 is 2.55 bits per heavy atom. The first-order valence-electron chi connectivity index (χ1n) is 6.08. The molecule has 20 heavy (non-hydrogen) atoms. The molecule has 1 aromatic carbocycles. The first kappa shape index (κ1) is 16.8. The minimum Gasteiger partial charge on any atom is -0.491 e. The number of aliphatic hydroxyl groups is 1. The lowest BCUT2D eigenvalue weighted by Gasteiger charge is -2.13. The van der Waals surface area contributed by atoms with Crippen LogP contribution in [0.1, 0.15) is 0 Å². The van der Waals surface area contributed by atoms with E-state index >= 15 is 0 Å². The first-order chi connectivity index (χ1) is 9.37. The molecule has 0 aliphatic rings. The van der Waals surface area contributed by atoms with Crippen molar-refractivity contribution in [3.05, 3.63) is 30.1 Å². The fourth-order valence-corrected chi connectivity index (χ4v) is 1.85. The number of nitrogens with one attached hydrogen (secondary N) is 2. The van der Waals surface area contributed by atoms with Gasteiger partial charge >= 0.3 is 0 Å². The Bertz CT molecular complexity index is 493. The third-order valence-corrected chi connectivity index (χ3v) is 3.03. The van der Waals surface area contributed by atoms with Crippen LogP contribution in [0.4, 0.5) is 4.39 Å². The van der Waals surface area contributed by atoms with Crippen LogP contribution in [-0.4, -0.2) is 52.1 Å². The maximum absolute atomic E-state index is 12.6. The van der Waals surface area contributed by atoms with Crippen molar-refractivity contribution in [3.63, 3.8) is 0 Å². The maximum atomic E-state index is 12.6. The van der Waals surface area contributed by atoms with E-state index in [1.54, 1.807) is 0 Å². The summed E-state index contributed by atoms with van der Waals surface area (Å²) >= 11 is 0. The van der Waals surface area contributed by atoms with Gasteiger partial charge in [0.15, 0.2) is 0 Å². The molecular formula is C12H19FN2O4S. The average Bonchev–Trinajstić information content (AvgIpc) is 2.36. The van der Waals surface area contributed by atoms with Crippen LogP contribution >= 0.6 is 0 Å². The van der Waals surface area contributed by atoms with Gasteiger partial charge < -0.3 is 15.2 Å². The van der Waals surface area contributed by atoms with E-state index in [0.717, 1.165) is 6.26 Å². The monoisotopic (exact) mass is 306 g/mol. The van der Waals surface area contributed by atoms with Gasteiger partial charge in [-0.25, -0.2) is 17.5 Å². The van der Waals surface area contributed by atoms with Gasteiger partial charge in [0, 0.05) is 19.6 Å². The minimum absolute atomic E-state index is 0.0676. The number of benzene rings is 1. The Hall–Kier alpha value is -1.22. The lowest BCUT2D eigenvalue weighted by Crippen LogP contribution is -2.36. The second-order valence-corrected chi connectivity index (χ2v) is 6.12. The van der Waals surface area contributed by atoms with Crippen molar-refractivity contribution in [3.8, 4) is 5.75 Å². The molecule has 0 bridgehead atoms. The van der Waals surface area contributed by atoms with E-state index in [1.165, 1.54) is 24.3 Å². The van der Waals surface area contributed by atoms with Gasteiger partial charge in [0.2, 0.25) is 10.0 Å². The fraction of sp³-hybridized carbons (Fsp3) is 0.500. The topological polar surface area (TPSA) is 87.7 Å². The summed E-state index contributed by atoms with van der Waals surface area (Å²) in [5, 5.41) is 12.5. The quantitative estimate of drug-likeness (QED) is 0.546. The summed E-state index contributed by atoms with van der Waals surface area (Å²) in [5.74, 6) is 0.127. The molecule has 0 spiro atoms. The molecule has 0 aromatic heterocycles. The van der Waals surface area contributed by atoms with Gasteiger partial charge in [-0.3, -0.25) is 0 Å². The number of ether oxygens (including phenoxy) is 1. The van der Waals surface area contributed by atoms with Gasteiger partial charge in [0.1, 0.15) is 24.3 Å². The zero-order valence-electron chi connectivity index (χ0n) is 11.2. The van der Waals surface area contributed by atoms with Crippen molar-refractivity contribution in [1.82, 2.24) is 10.0 Å². The van der Waals surface area contributed by atoms with Gasteiger partial charge in [0.05, 0.1) is 6.26 Å². The Morgan fingerprint density at radius 1 is 1.30 bits per heavy atom. The van der Waals surface area contributed by atoms with Gasteiger partial charge in [-0.2, -0.15) is 0 Å². The number of hydrogen-bond acceptors (Lipinski definition) is 5. The molecule has 0 radical (unpaired) electrons. The molecule has 0 aliphatic carbocycles. The average molecular weight is 306 g/mol. The molecule has 0 fully saturated rings. The minimum atomic E-state index is -3.18. The van der Waals surface area contributed by atoms with Gasteiger partial charge in [-0.05, 0) is 24.3 Å². The van der Waals surface area contributed by atoms with Crippen LogP contribution in [0.15, 0.2) is 24.3 Å². The molecule has 3 N–H and O–H groups in total. The van der Waals surface area contributed by atoms with Gasteiger partial charge in [-0.15, -0.1) is 0 Å². The van der Waals surface area contributed by atoms with E-state index in [2.05, 4.69) is 10.0 Å². The molecule has 0 aliphatic heterocycles. The van der Waals surface area contributed by atoms with E-state index in [-0.39, 0.29) is 25.5 Å². The molecule has 0 amide bonds. The van der Waals surface area contributed by atoms with E-state index in [1.807, 2.05) is 0 Å². The van der Waals surface area contributed by atoms with Crippen molar-refractivity contribution in [2.24, 2.45) is 0 Å². The smallest absolute Gasteiger partial charge is 0.208 e. The lowest BCUT2D eigenvalue weighted by molar-refractivity contribution is 0.106. The van der Waals surface area contributed by atoms with Crippen molar-refractivity contribution in [1.29, 1.82) is 0 Å². The maximum Gasteiger partial charge on any atom is 0.208 e. The highest BCUT2D eigenvalue weighted by Crippen LogP contribution is 2.10. The summed E-state index contributed by atoms with van der Waals surface area (Å²) in [5.41, 5.74) is 0. The summed E-state index contributed by atoms with van der Waals surface area (Å²) < 4.78 is 41.8. The van der Waals surface area contributed by atoms with Crippen LogP contribution < -0.4 is 14.8 Å². The Kier molecular flexibility index (Phi) is 6.86. The highest BCUT2D eigenvalue weighted by atomic mass is 32.2. The number of sulfonamides is 1. The number of hydrogen-bond donors (Lipinski definition) is 3. The van der Waals surface area contributed by atoms with Crippen LogP contribution in [0.5, 0.6) is 5.75 Å². The van der Waals surface area contributed by atoms with Crippen LogP contribution in [0, 0.1) is 5.82 Å². The standard InChI is InChI=1S/C12H19FN2O4S/c1-20(17,18)15-7-6-14-8-11(16)9-19-12-4-2-10(13)3-5-12/h2-5,11,14-16H,6-9H2,1H3. The summed E-state index contributed by atoms with van der Waals surface area (Å²) in [4.78, 5) is 0. The number of rotatable bonds is 9. The molecular weight excluding hydrogens is 287 g/mol. The Morgan fingerprint density at radius 2 is 1.95 bits per heavy atom. The highest BCUT2D eigenvalue weighted by molar-refractivity contribution is 7.88. The highest BCUT2D eigenvalue weighted by Gasteiger charge is 2.05. The fourth-order valence-electron chi connectivity index (χ4n) is 1.38. The zero-order valence-corrected chi connectivity index (χ0v) is 12.0. The third-order valence-electron chi connectivity index (χ3n) is 2.30. The second-order valence-electron chi connectivity index (χ2n) is 4.29. The van der Waals surface area contributed by atoms with Crippen molar-refractivity contribution in [2.75, 3.05) is 32.5 Å². The molecule has 1 rings (SSSR count). The summed E-state index contributed by atoms with van der Waals surface area (Å²) in [7, 11) is -3.18. The molecule has 0 saturated heterocycles. The van der Waals surface area contributed by atoms with E-state index in [4.69, 9.17) is 4.74 Å².